The number of rotatable bonds is 1. The molecule has 0 unspecified atom stereocenters. The maximum atomic E-state index is 13.8. The molecule has 0 bridgehead atoms. The van der Waals surface area contributed by atoms with Gasteiger partial charge < -0.3 is 14.4 Å². The first-order valence-corrected chi connectivity index (χ1v) is 9.19. The molecule has 0 radical (unpaired) electrons. The minimum absolute atomic E-state index is 0.0629. The smallest absolute Gasteiger partial charge is 0.410 e. The van der Waals surface area contributed by atoms with Gasteiger partial charge in [0.1, 0.15) is 11.4 Å². The number of fused-ring (bicyclic) bond motifs is 1. The Kier molecular flexibility index (Phi) is 5.41. The van der Waals surface area contributed by atoms with E-state index < -0.39 is 11.4 Å². The minimum atomic E-state index is -0.511. The normalized spacial score (nSPS) is 23.5. The third kappa shape index (κ3) is 4.23. The Hall–Kier alpha value is -2.17. The van der Waals surface area contributed by atoms with Gasteiger partial charge in [-0.05, 0) is 44.9 Å². The maximum absolute atomic E-state index is 13.8. The number of ether oxygens (including phenoxy) is 2. The molecule has 1 aromatic rings. The van der Waals surface area contributed by atoms with Crippen LogP contribution < -0.4 is 0 Å². The average molecular weight is 375 g/mol. The summed E-state index contributed by atoms with van der Waals surface area (Å²) in [5.74, 6) is -0.495. The second-order valence-electron chi connectivity index (χ2n) is 8.12. The van der Waals surface area contributed by atoms with Crippen molar-refractivity contribution in [2.45, 2.75) is 45.4 Å². The van der Waals surface area contributed by atoms with Crippen LogP contribution in [0.5, 0.6) is 0 Å². The van der Waals surface area contributed by atoms with Gasteiger partial charge in [-0.15, -0.1) is 0 Å². The lowest BCUT2D eigenvalue weighted by molar-refractivity contribution is -0.0908. The molecule has 2 heterocycles. The van der Waals surface area contributed by atoms with E-state index in [1.165, 1.54) is 6.07 Å². The fraction of sp³-hybridized carbons (Fsp3) is 0.600. The molecule has 7 heteroatoms. The van der Waals surface area contributed by atoms with Crippen LogP contribution in [0.4, 0.5) is 14.9 Å². The number of carbonyl (C=O) groups excluding carboxylic acids is 1. The lowest BCUT2D eigenvalue weighted by atomic mass is 9.98. The lowest BCUT2D eigenvalue weighted by Gasteiger charge is -2.46. The fourth-order valence-electron chi connectivity index (χ4n) is 3.63. The van der Waals surface area contributed by atoms with Crippen LogP contribution in [0.1, 0.15) is 38.0 Å². The minimum Gasteiger partial charge on any atom is -0.444 e. The Labute approximate surface area is 159 Å². The topological polar surface area (TPSA) is 46.4 Å². The van der Waals surface area contributed by atoms with Crippen LogP contribution in [0.15, 0.2) is 12.1 Å². The van der Waals surface area contributed by atoms with E-state index in [4.69, 9.17) is 16.0 Å². The Morgan fingerprint density at radius 1 is 1.33 bits per heavy atom. The first kappa shape index (κ1) is 19.6. The molecule has 1 aromatic carbocycles. The van der Waals surface area contributed by atoms with Gasteiger partial charge in [0, 0.05) is 26.2 Å². The van der Waals surface area contributed by atoms with Crippen LogP contribution in [0.2, 0.25) is 0 Å². The summed E-state index contributed by atoms with van der Waals surface area (Å²) < 4.78 is 25.3. The summed E-state index contributed by atoms with van der Waals surface area (Å²) in [5.41, 5.74) is 1.05. The molecule has 146 valence electrons. The summed E-state index contributed by atoms with van der Waals surface area (Å²) in [4.78, 5) is 19.6. The van der Waals surface area contributed by atoms with E-state index in [2.05, 4.69) is 9.74 Å². The number of morpholine rings is 1. The quantitative estimate of drug-likeness (QED) is 0.703. The highest BCUT2D eigenvalue weighted by Crippen LogP contribution is 2.34. The summed E-state index contributed by atoms with van der Waals surface area (Å²) in [6.07, 6.45) is -0.490. The molecule has 1 amide bonds. The highest BCUT2D eigenvalue weighted by atomic mass is 19.1. The Morgan fingerprint density at radius 3 is 2.74 bits per heavy atom. The Bertz CT molecular complexity index is 769. The second kappa shape index (κ2) is 7.45. The molecule has 0 aromatic heterocycles. The van der Waals surface area contributed by atoms with Crippen molar-refractivity contribution >= 4 is 11.8 Å². The van der Waals surface area contributed by atoms with Crippen molar-refractivity contribution < 1.29 is 18.7 Å². The standard InChI is InChI=1S/C20H26FN3O3/c1-13-15(6-7-16(21)18(13)22-5)17-11-23-8-9-24(10-14(23)12-26-17)19(25)27-20(2,3)4/h6-7,14,17H,8-12H2,1-4H3/t14-,17-/m1/s1. The van der Waals surface area contributed by atoms with Crippen LogP contribution >= 0.6 is 0 Å². The molecule has 0 aliphatic carbocycles. The number of nitrogens with zero attached hydrogens (tertiary/aromatic N) is 3. The predicted molar refractivity (Wildman–Crippen MR) is 99.3 cm³/mol. The molecular weight excluding hydrogens is 349 g/mol. The predicted octanol–water partition coefficient (Wildman–Crippen LogP) is 3.68. The van der Waals surface area contributed by atoms with Gasteiger partial charge in [-0.1, -0.05) is 6.07 Å². The summed E-state index contributed by atoms with van der Waals surface area (Å²) in [7, 11) is 0. The molecule has 0 N–H and O–H groups in total. The zero-order valence-corrected chi connectivity index (χ0v) is 16.3. The Balaban J connectivity index is 1.67. The number of benzene rings is 1. The molecule has 2 aliphatic heterocycles. The monoisotopic (exact) mass is 375 g/mol. The van der Waals surface area contributed by atoms with Crippen molar-refractivity contribution in [2.24, 2.45) is 0 Å². The summed E-state index contributed by atoms with van der Waals surface area (Å²) in [6, 6.07) is 3.16. The van der Waals surface area contributed by atoms with Crippen LogP contribution in [0.25, 0.3) is 4.85 Å². The molecule has 2 saturated heterocycles. The molecule has 27 heavy (non-hydrogen) atoms. The maximum Gasteiger partial charge on any atom is 0.410 e. The zero-order chi connectivity index (χ0) is 19.8. The van der Waals surface area contributed by atoms with Crippen molar-refractivity contribution in [3.8, 4) is 0 Å². The van der Waals surface area contributed by atoms with Gasteiger partial charge in [-0.2, -0.15) is 0 Å². The van der Waals surface area contributed by atoms with Gasteiger partial charge in [0.05, 0.1) is 25.3 Å². The van der Waals surface area contributed by atoms with Crippen molar-refractivity contribution in [3.63, 3.8) is 0 Å². The summed E-state index contributed by atoms with van der Waals surface area (Å²) in [6.45, 7) is 17.6. The van der Waals surface area contributed by atoms with Crippen molar-refractivity contribution in [3.05, 3.63) is 40.5 Å². The van der Waals surface area contributed by atoms with Gasteiger partial charge in [0.15, 0.2) is 0 Å². The third-order valence-corrected chi connectivity index (χ3v) is 5.03. The molecule has 0 spiro atoms. The number of carbonyl (C=O) groups is 1. The van der Waals surface area contributed by atoms with Crippen molar-refractivity contribution in [2.75, 3.05) is 32.8 Å². The van der Waals surface area contributed by atoms with E-state index in [0.717, 1.165) is 12.1 Å². The van der Waals surface area contributed by atoms with Gasteiger partial charge in [-0.25, -0.2) is 14.0 Å². The SMILES string of the molecule is [C-]#[N+]c1c(F)ccc([C@H]2CN3CCN(C(=O)OC(C)(C)C)C[C@@H]3CO2)c1C. The fourth-order valence-corrected chi connectivity index (χ4v) is 3.63. The highest BCUT2D eigenvalue weighted by molar-refractivity contribution is 5.68. The number of piperazine rings is 1. The second-order valence-corrected chi connectivity index (χ2v) is 8.12. The third-order valence-electron chi connectivity index (χ3n) is 5.03. The number of amides is 1. The molecule has 2 atom stereocenters. The molecule has 6 nitrogen and oxygen atoms in total. The first-order valence-electron chi connectivity index (χ1n) is 9.19. The molecule has 0 saturated carbocycles. The summed E-state index contributed by atoms with van der Waals surface area (Å²) >= 11 is 0. The first-order chi connectivity index (χ1) is 12.7. The highest BCUT2D eigenvalue weighted by Gasteiger charge is 2.37. The van der Waals surface area contributed by atoms with Gasteiger partial charge >= 0.3 is 6.09 Å². The number of hydrogen-bond acceptors (Lipinski definition) is 4. The van der Waals surface area contributed by atoms with E-state index in [-0.39, 0.29) is 23.9 Å². The lowest BCUT2D eigenvalue weighted by Crippen LogP contribution is -2.60. The molecular formula is C20H26FN3O3. The van der Waals surface area contributed by atoms with E-state index >= 15 is 0 Å². The molecule has 2 fully saturated rings. The number of hydrogen-bond donors (Lipinski definition) is 0. The van der Waals surface area contributed by atoms with E-state index in [1.54, 1.807) is 17.9 Å². The zero-order valence-electron chi connectivity index (χ0n) is 16.3. The van der Waals surface area contributed by atoms with Crippen LogP contribution in [-0.2, 0) is 9.47 Å². The van der Waals surface area contributed by atoms with Crippen LogP contribution in [0, 0.1) is 19.3 Å². The van der Waals surface area contributed by atoms with Gasteiger partial charge in [0.2, 0.25) is 5.69 Å². The van der Waals surface area contributed by atoms with Crippen LogP contribution in [-0.4, -0.2) is 60.3 Å². The van der Waals surface area contributed by atoms with Gasteiger partial charge in [-0.3, -0.25) is 4.90 Å². The number of halogens is 1. The van der Waals surface area contributed by atoms with Crippen LogP contribution in [0.3, 0.4) is 0 Å². The van der Waals surface area contributed by atoms with E-state index in [0.29, 0.717) is 31.8 Å². The summed E-state index contributed by atoms with van der Waals surface area (Å²) in [5, 5.41) is 0. The van der Waals surface area contributed by atoms with Crippen molar-refractivity contribution in [1.82, 2.24) is 9.80 Å². The Morgan fingerprint density at radius 2 is 2.07 bits per heavy atom. The molecule has 3 rings (SSSR count). The van der Waals surface area contributed by atoms with E-state index in [9.17, 15) is 9.18 Å². The largest absolute Gasteiger partial charge is 0.444 e. The van der Waals surface area contributed by atoms with Gasteiger partial charge in [0.25, 0.3) is 0 Å². The average Bonchev–Trinajstić information content (AvgIpc) is 2.60. The van der Waals surface area contributed by atoms with Crippen molar-refractivity contribution in [1.29, 1.82) is 0 Å². The molecule has 2 aliphatic rings. The van der Waals surface area contributed by atoms with E-state index in [1.807, 2.05) is 20.8 Å².